The third-order valence-corrected chi connectivity index (χ3v) is 7.21. The lowest BCUT2D eigenvalue weighted by atomic mass is 9.94. The summed E-state index contributed by atoms with van der Waals surface area (Å²) in [5, 5.41) is 11.5. The molecule has 0 bridgehead atoms. The fourth-order valence-electron chi connectivity index (χ4n) is 3.79. The Bertz CT molecular complexity index is 1210. The smallest absolute Gasteiger partial charge is 0.332 e. The van der Waals surface area contributed by atoms with Crippen molar-refractivity contribution >= 4 is 26.8 Å². The lowest BCUT2D eigenvalue weighted by Crippen LogP contribution is -2.40. The minimum Gasteiger partial charge on any atom is -0.478 e. The SMILES string of the molecule is Cc1ccc(S(=O)(=O)N2CC(C(=O)O)=CCC2c2cccc3ccccc23)cc1. The molecule has 0 amide bonds. The lowest BCUT2D eigenvalue weighted by Gasteiger charge is -2.34. The molecule has 1 N–H and O–H groups in total. The normalized spacial score (nSPS) is 17.8. The summed E-state index contributed by atoms with van der Waals surface area (Å²) in [6.45, 7) is 1.72. The van der Waals surface area contributed by atoms with Crippen LogP contribution >= 0.6 is 0 Å². The van der Waals surface area contributed by atoms with Crippen LogP contribution in [0.1, 0.15) is 23.6 Å². The van der Waals surface area contributed by atoms with Gasteiger partial charge in [0.15, 0.2) is 0 Å². The van der Waals surface area contributed by atoms with E-state index in [1.54, 1.807) is 30.3 Å². The topological polar surface area (TPSA) is 74.7 Å². The number of benzene rings is 3. The third kappa shape index (κ3) is 3.57. The second kappa shape index (κ2) is 7.46. The van der Waals surface area contributed by atoms with E-state index in [4.69, 9.17) is 0 Å². The molecule has 29 heavy (non-hydrogen) atoms. The Morgan fingerprint density at radius 2 is 1.69 bits per heavy atom. The number of hydrogen-bond acceptors (Lipinski definition) is 3. The first-order valence-electron chi connectivity index (χ1n) is 9.36. The molecule has 5 nitrogen and oxygen atoms in total. The minimum atomic E-state index is -3.88. The molecule has 1 aliphatic rings. The molecule has 0 fully saturated rings. The van der Waals surface area contributed by atoms with Crippen LogP contribution in [0.15, 0.2) is 83.3 Å². The van der Waals surface area contributed by atoms with E-state index in [0.29, 0.717) is 6.42 Å². The largest absolute Gasteiger partial charge is 0.478 e. The van der Waals surface area contributed by atoms with Gasteiger partial charge in [-0.1, -0.05) is 66.2 Å². The van der Waals surface area contributed by atoms with E-state index >= 15 is 0 Å². The fraction of sp³-hybridized carbons (Fsp3) is 0.174. The second-order valence-corrected chi connectivity index (χ2v) is 9.11. The maximum atomic E-state index is 13.5. The van der Waals surface area contributed by atoms with Gasteiger partial charge in [0.2, 0.25) is 10.0 Å². The van der Waals surface area contributed by atoms with Gasteiger partial charge in [-0.05, 0) is 41.8 Å². The second-order valence-electron chi connectivity index (χ2n) is 7.22. The van der Waals surface area contributed by atoms with Crippen LogP contribution in [0.2, 0.25) is 0 Å². The lowest BCUT2D eigenvalue weighted by molar-refractivity contribution is -0.133. The number of hydrogen-bond donors (Lipinski definition) is 1. The van der Waals surface area contributed by atoms with E-state index in [2.05, 4.69) is 0 Å². The summed E-state index contributed by atoms with van der Waals surface area (Å²) in [5.74, 6) is -1.09. The van der Waals surface area contributed by atoms with Gasteiger partial charge in [0.05, 0.1) is 10.9 Å². The summed E-state index contributed by atoms with van der Waals surface area (Å²) in [4.78, 5) is 11.7. The Balaban J connectivity index is 1.87. The molecular weight excluding hydrogens is 386 g/mol. The standard InChI is InChI=1S/C23H21NO4S/c1-16-9-12-19(13-10-16)29(27,28)24-15-18(23(25)26)11-14-22(24)21-8-4-6-17-5-2-3-7-20(17)21/h2-13,22H,14-15H2,1H3,(H,25,26). The summed E-state index contributed by atoms with van der Waals surface area (Å²) < 4.78 is 28.3. The average molecular weight is 407 g/mol. The Labute approximate surface area is 170 Å². The number of nitrogens with zero attached hydrogens (tertiary/aromatic N) is 1. The average Bonchev–Trinajstić information content (AvgIpc) is 2.73. The molecule has 6 heteroatoms. The first kappa shape index (κ1) is 19.4. The Morgan fingerprint density at radius 1 is 1.00 bits per heavy atom. The van der Waals surface area contributed by atoms with Crippen molar-refractivity contribution in [3.8, 4) is 0 Å². The van der Waals surface area contributed by atoms with Gasteiger partial charge < -0.3 is 5.11 Å². The first-order valence-corrected chi connectivity index (χ1v) is 10.8. The zero-order chi connectivity index (χ0) is 20.6. The summed E-state index contributed by atoms with van der Waals surface area (Å²) in [7, 11) is -3.88. The van der Waals surface area contributed by atoms with Crippen LogP contribution in [0.5, 0.6) is 0 Å². The van der Waals surface area contributed by atoms with Gasteiger partial charge in [0.1, 0.15) is 0 Å². The van der Waals surface area contributed by atoms with Crippen molar-refractivity contribution in [2.24, 2.45) is 0 Å². The molecule has 1 atom stereocenters. The minimum absolute atomic E-state index is 0.0946. The van der Waals surface area contributed by atoms with Crippen LogP contribution in [0.4, 0.5) is 0 Å². The molecule has 0 saturated carbocycles. The molecule has 1 aliphatic heterocycles. The van der Waals surface area contributed by atoms with E-state index in [1.165, 1.54) is 4.31 Å². The number of aliphatic carboxylic acids is 1. The molecule has 0 spiro atoms. The van der Waals surface area contributed by atoms with E-state index < -0.39 is 22.0 Å². The van der Waals surface area contributed by atoms with E-state index in [1.807, 2.05) is 49.4 Å². The van der Waals surface area contributed by atoms with Crippen molar-refractivity contribution in [1.29, 1.82) is 0 Å². The van der Waals surface area contributed by atoms with Gasteiger partial charge in [0, 0.05) is 12.1 Å². The highest BCUT2D eigenvalue weighted by atomic mass is 32.2. The predicted octanol–water partition coefficient (Wildman–Crippen LogP) is 4.29. The van der Waals surface area contributed by atoms with Crippen molar-refractivity contribution in [2.75, 3.05) is 6.54 Å². The zero-order valence-electron chi connectivity index (χ0n) is 15.9. The van der Waals surface area contributed by atoms with Crippen LogP contribution in [-0.2, 0) is 14.8 Å². The monoisotopic (exact) mass is 407 g/mol. The van der Waals surface area contributed by atoms with Crippen LogP contribution in [0, 0.1) is 6.92 Å². The molecule has 4 rings (SSSR count). The molecule has 0 saturated heterocycles. The highest BCUT2D eigenvalue weighted by Crippen LogP contribution is 2.38. The number of sulfonamides is 1. The van der Waals surface area contributed by atoms with Gasteiger partial charge >= 0.3 is 5.97 Å². The highest BCUT2D eigenvalue weighted by Gasteiger charge is 2.37. The number of carbonyl (C=O) groups is 1. The molecule has 0 aliphatic carbocycles. The maximum Gasteiger partial charge on any atom is 0.332 e. The Hall–Kier alpha value is -2.96. The van der Waals surface area contributed by atoms with E-state index in [9.17, 15) is 18.3 Å². The van der Waals surface area contributed by atoms with Gasteiger partial charge in [-0.15, -0.1) is 0 Å². The third-order valence-electron chi connectivity index (χ3n) is 5.35. The number of rotatable bonds is 4. The predicted molar refractivity (Wildman–Crippen MR) is 112 cm³/mol. The van der Waals surface area contributed by atoms with Crippen molar-refractivity contribution < 1.29 is 18.3 Å². The van der Waals surface area contributed by atoms with E-state index in [-0.39, 0.29) is 17.0 Å². The van der Waals surface area contributed by atoms with Crippen LogP contribution in [0.3, 0.4) is 0 Å². The summed E-state index contributed by atoms with van der Waals surface area (Å²) in [6.07, 6.45) is 1.94. The molecular formula is C23H21NO4S. The number of carboxylic acids is 1. The molecule has 1 heterocycles. The molecule has 3 aromatic carbocycles. The van der Waals surface area contributed by atoms with Crippen LogP contribution in [-0.4, -0.2) is 30.3 Å². The number of carboxylic acid groups (broad SMARTS) is 1. The van der Waals surface area contributed by atoms with Gasteiger partial charge in [-0.3, -0.25) is 0 Å². The molecule has 148 valence electrons. The molecule has 3 aromatic rings. The van der Waals surface area contributed by atoms with Gasteiger partial charge in [0.25, 0.3) is 0 Å². The van der Waals surface area contributed by atoms with Crippen molar-refractivity contribution in [2.45, 2.75) is 24.3 Å². The first-order chi connectivity index (χ1) is 13.9. The summed E-state index contributed by atoms with van der Waals surface area (Å²) in [5.41, 5.74) is 1.93. The highest BCUT2D eigenvalue weighted by molar-refractivity contribution is 7.89. The van der Waals surface area contributed by atoms with Crippen LogP contribution in [0.25, 0.3) is 10.8 Å². The summed E-state index contributed by atoms with van der Waals surface area (Å²) >= 11 is 0. The molecule has 0 aromatic heterocycles. The Kier molecular flexibility index (Phi) is 4.98. The quantitative estimate of drug-likeness (QED) is 0.700. The number of fused-ring (bicyclic) bond motifs is 1. The van der Waals surface area contributed by atoms with Crippen molar-refractivity contribution in [3.63, 3.8) is 0 Å². The number of aryl methyl sites for hydroxylation is 1. The van der Waals surface area contributed by atoms with E-state index in [0.717, 1.165) is 21.9 Å². The molecule has 1 unspecified atom stereocenters. The fourth-order valence-corrected chi connectivity index (χ4v) is 5.38. The van der Waals surface area contributed by atoms with Gasteiger partial charge in [-0.25, -0.2) is 13.2 Å². The van der Waals surface area contributed by atoms with Gasteiger partial charge in [-0.2, -0.15) is 4.31 Å². The maximum absolute atomic E-state index is 13.5. The molecule has 0 radical (unpaired) electrons. The van der Waals surface area contributed by atoms with Crippen LogP contribution < -0.4 is 0 Å². The Morgan fingerprint density at radius 3 is 2.41 bits per heavy atom. The zero-order valence-corrected chi connectivity index (χ0v) is 16.8. The van der Waals surface area contributed by atoms with Crippen molar-refractivity contribution in [1.82, 2.24) is 4.31 Å². The van der Waals surface area contributed by atoms with Crippen molar-refractivity contribution in [3.05, 3.63) is 89.5 Å². The summed E-state index contributed by atoms with van der Waals surface area (Å²) in [6, 6.07) is 19.8.